The monoisotopic (exact) mass is 366 g/mol. The fourth-order valence-electron chi connectivity index (χ4n) is 3.81. The lowest BCUT2D eigenvalue weighted by Crippen LogP contribution is -2.36. The van der Waals surface area contributed by atoms with Crippen molar-refractivity contribution in [2.75, 3.05) is 13.1 Å². The lowest BCUT2D eigenvalue weighted by Gasteiger charge is -2.32. The Labute approximate surface area is 158 Å². The molecule has 0 amide bonds. The summed E-state index contributed by atoms with van der Waals surface area (Å²) in [5, 5.41) is 8.29. The molecule has 1 fully saturated rings. The van der Waals surface area contributed by atoms with Crippen LogP contribution < -0.4 is 5.56 Å². The van der Waals surface area contributed by atoms with Crippen LogP contribution in [-0.2, 0) is 13.1 Å². The Morgan fingerprint density at radius 2 is 2.07 bits per heavy atom. The van der Waals surface area contributed by atoms with Gasteiger partial charge in [0.25, 0.3) is 5.56 Å². The van der Waals surface area contributed by atoms with Gasteiger partial charge in [-0.15, -0.1) is 5.10 Å². The number of fused-ring (bicyclic) bond motifs is 1. The molecule has 1 aliphatic rings. The Morgan fingerprint density at radius 3 is 2.85 bits per heavy atom. The Hall–Kier alpha value is -2.54. The highest BCUT2D eigenvalue weighted by Crippen LogP contribution is 2.21. The van der Waals surface area contributed by atoms with E-state index in [0.29, 0.717) is 22.9 Å². The first-order chi connectivity index (χ1) is 13.1. The highest BCUT2D eigenvalue weighted by atomic mass is 16.1. The second kappa shape index (κ2) is 7.60. The lowest BCUT2D eigenvalue weighted by molar-refractivity contribution is 0.153. The number of hydrogen-bond donors (Lipinski definition) is 1. The van der Waals surface area contributed by atoms with Crippen LogP contribution >= 0.6 is 0 Å². The highest BCUT2D eigenvalue weighted by Gasteiger charge is 2.22. The smallest absolute Gasteiger partial charge is 0.281 e. The van der Waals surface area contributed by atoms with Crippen LogP contribution in [0.5, 0.6) is 0 Å². The first-order valence-electron chi connectivity index (χ1n) is 9.70. The van der Waals surface area contributed by atoms with E-state index in [1.165, 1.54) is 12.0 Å². The number of piperidine rings is 1. The standard InChI is InChI=1S/C20H26N6O/c1-14(2)18-21-19-17(20(27)22-18)23-24-26(19)13-16-9-6-10-25(12-16)11-15-7-4-3-5-8-15/h3-5,7-8,14,16H,6,9-13H2,1-2H3,(H,21,22,27)/t16-/m0/s1. The predicted molar refractivity (Wildman–Crippen MR) is 104 cm³/mol. The third-order valence-corrected chi connectivity index (χ3v) is 5.22. The van der Waals surface area contributed by atoms with E-state index < -0.39 is 0 Å². The van der Waals surface area contributed by atoms with Crippen molar-refractivity contribution in [3.63, 3.8) is 0 Å². The van der Waals surface area contributed by atoms with Crippen molar-refractivity contribution < 1.29 is 0 Å². The van der Waals surface area contributed by atoms with Gasteiger partial charge in [-0.05, 0) is 30.9 Å². The van der Waals surface area contributed by atoms with Gasteiger partial charge in [0.2, 0.25) is 0 Å². The molecule has 0 saturated carbocycles. The van der Waals surface area contributed by atoms with Crippen LogP contribution in [0.2, 0.25) is 0 Å². The van der Waals surface area contributed by atoms with Gasteiger partial charge in [-0.1, -0.05) is 49.4 Å². The lowest BCUT2D eigenvalue weighted by atomic mass is 9.97. The van der Waals surface area contributed by atoms with E-state index in [4.69, 9.17) is 0 Å². The molecule has 142 valence electrons. The number of hydrogen-bond acceptors (Lipinski definition) is 5. The summed E-state index contributed by atoms with van der Waals surface area (Å²) in [6.45, 7) is 7.90. The number of nitrogens with zero attached hydrogens (tertiary/aromatic N) is 5. The van der Waals surface area contributed by atoms with E-state index in [1.807, 2.05) is 18.5 Å². The number of benzene rings is 1. The second-order valence-electron chi connectivity index (χ2n) is 7.78. The van der Waals surface area contributed by atoms with E-state index in [9.17, 15) is 4.79 Å². The minimum absolute atomic E-state index is 0.154. The van der Waals surface area contributed by atoms with Crippen LogP contribution in [0.15, 0.2) is 35.1 Å². The summed E-state index contributed by atoms with van der Waals surface area (Å²) in [5.74, 6) is 1.32. The van der Waals surface area contributed by atoms with Gasteiger partial charge in [-0.2, -0.15) is 0 Å². The first-order valence-corrected chi connectivity index (χ1v) is 9.70. The Kier molecular flexibility index (Phi) is 5.03. The van der Waals surface area contributed by atoms with Crippen molar-refractivity contribution in [1.82, 2.24) is 29.9 Å². The predicted octanol–water partition coefficient (Wildman–Crippen LogP) is 2.55. The number of nitrogens with one attached hydrogen (secondary N) is 1. The first kappa shape index (κ1) is 17.9. The quantitative estimate of drug-likeness (QED) is 0.751. The van der Waals surface area contributed by atoms with E-state index in [1.54, 1.807) is 0 Å². The van der Waals surface area contributed by atoms with Gasteiger partial charge in [0.05, 0.1) is 0 Å². The average Bonchev–Trinajstić information content (AvgIpc) is 3.06. The van der Waals surface area contributed by atoms with Crippen LogP contribution in [0.3, 0.4) is 0 Å². The van der Waals surface area contributed by atoms with Gasteiger partial charge in [-0.3, -0.25) is 9.69 Å². The van der Waals surface area contributed by atoms with Gasteiger partial charge in [0.1, 0.15) is 5.82 Å². The van der Waals surface area contributed by atoms with E-state index in [2.05, 4.69) is 55.5 Å². The Morgan fingerprint density at radius 1 is 1.26 bits per heavy atom. The van der Waals surface area contributed by atoms with Crippen LogP contribution in [0.1, 0.15) is 44.0 Å². The zero-order valence-electron chi connectivity index (χ0n) is 15.9. The molecular weight excluding hydrogens is 340 g/mol. The topological polar surface area (TPSA) is 79.7 Å². The SMILES string of the molecule is CC(C)c1nc2c(nnn2C[C@H]2CCCN(Cc3ccccc3)C2)c(=O)[nH]1. The summed E-state index contributed by atoms with van der Waals surface area (Å²) in [5.41, 5.74) is 2.07. The molecule has 3 heterocycles. The van der Waals surface area contributed by atoms with Crippen molar-refractivity contribution in [2.45, 2.75) is 45.7 Å². The average molecular weight is 366 g/mol. The van der Waals surface area contributed by atoms with Crippen LogP contribution in [0.25, 0.3) is 11.2 Å². The normalized spacial score (nSPS) is 18.4. The summed E-state index contributed by atoms with van der Waals surface area (Å²) in [6, 6.07) is 10.6. The summed E-state index contributed by atoms with van der Waals surface area (Å²) < 4.78 is 1.81. The molecular formula is C20H26N6O. The van der Waals surface area contributed by atoms with Crippen molar-refractivity contribution in [1.29, 1.82) is 0 Å². The molecule has 7 heteroatoms. The summed E-state index contributed by atoms with van der Waals surface area (Å²) in [7, 11) is 0. The molecule has 1 N–H and O–H groups in total. The molecule has 1 aromatic carbocycles. The van der Waals surface area contributed by atoms with Crippen LogP contribution in [-0.4, -0.2) is 43.0 Å². The van der Waals surface area contributed by atoms with E-state index in [0.717, 1.165) is 32.6 Å². The molecule has 27 heavy (non-hydrogen) atoms. The highest BCUT2D eigenvalue weighted by molar-refractivity contribution is 5.67. The third-order valence-electron chi connectivity index (χ3n) is 5.22. The van der Waals surface area contributed by atoms with Gasteiger partial charge in [0.15, 0.2) is 11.2 Å². The van der Waals surface area contributed by atoms with Crippen molar-refractivity contribution in [3.05, 3.63) is 52.1 Å². The molecule has 0 spiro atoms. The van der Waals surface area contributed by atoms with Gasteiger partial charge in [-0.25, -0.2) is 9.67 Å². The summed E-state index contributed by atoms with van der Waals surface area (Å²) in [6.07, 6.45) is 2.34. The molecule has 1 saturated heterocycles. The molecule has 0 unspecified atom stereocenters. The number of aromatic nitrogens is 5. The fraction of sp³-hybridized carbons (Fsp3) is 0.500. The molecule has 1 aliphatic heterocycles. The van der Waals surface area contributed by atoms with E-state index >= 15 is 0 Å². The molecule has 4 rings (SSSR count). The van der Waals surface area contributed by atoms with Crippen LogP contribution in [0, 0.1) is 5.92 Å². The zero-order chi connectivity index (χ0) is 18.8. The number of rotatable bonds is 5. The second-order valence-corrected chi connectivity index (χ2v) is 7.78. The molecule has 0 aliphatic carbocycles. The number of likely N-dealkylation sites (tertiary alicyclic amines) is 1. The molecule has 3 aromatic rings. The van der Waals surface area contributed by atoms with Crippen molar-refractivity contribution in [3.8, 4) is 0 Å². The summed E-state index contributed by atoms with van der Waals surface area (Å²) >= 11 is 0. The fourth-order valence-corrected chi connectivity index (χ4v) is 3.81. The Balaban J connectivity index is 1.51. The molecule has 2 aromatic heterocycles. The van der Waals surface area contributed by atoms with E-state index in [-0.39, 0.29) is 11.5 Å². The third kappa shape index (κ3) is 3.93. The number of H-pyrrole nitrogens is 1. The number of aromatic amines is 1. The van der Waals surface area contributed by atoms with Gasteiger partial charge in [0, 0.05) is 25.6 Å². The molecule has 0 bridgehead atoms. The molecule has 7 nitrogen and oxygen atoms in total. The van der Waals surface area contributed by atoms with Gasteiger partial charge < -0.3 is 4.98 Å². The van der Waals surface area contributed by atoms with Crippen molar-refractivity contribution in [2.24, 2.45) is 5.92 Å². The van der Waals surface area contributed by atoms with Crippen molar-refractivity contribution >= 4 is 11.2 Å². The maximum atomic E-state index is 12.2. The molecule has 1 atom stereocenters. The minimum atomic E-state index is -0.204. The maximum absolute atomic E-state index is 12.2. The zero-order valence-corrected chi connectivity index (χ0v) is 15.9. The minimum Gasteiger partial charge on any atom is -0.308 e. The van der Waals surface area contributed by atoms with Gasteiger partial charge >= 0.3 is 0 Å². The Bertz CT molecular complexity index is 962. The van der Waals surface area contributed by atoms with Crippen LogP contribution in [0.4, 0.5) is 0 Å². The largest absolute Gasteiger partial charge is 0.308 e. The summed E-state index contributed by atoms with van der Waals surface area (Å²) in [4.78, 5) is 22.2. The maximum Gasteiger partial charge on any atom is 0.281 e. The molecule has 0 radical (unpaired) electrons.